The SMILES string of the molecule is c1ccc(N(c2ccc(-c3cccc(-n4c5ccccc5c5cnccc54)c3)cc2)c2cccc3ccccc23)cc1. The van der Waals surface area contributed by atoms with Crippen LogP contribution in [0.5, 0.6) is 0 Å². The Hall–Kier alpha value is -5.67. The van der Waals surface area contributed by atoms with E-state index >= 15 is 0 Å². The monoisotopic (exact) mass is 537 g/mol. The Bertz CT molecular complexity index is 2140. The molecule has 0 bridgehead atoms. The number of benzene rings is 6. The number of pyridine rings is 1. The molecule has 42 heavy (non-hydrogen) atoms. The van der Waals surface area contributed by atoms with Crippen molar-refractivity contribution in [2.45, 2.75) is 0 Å². The Labute approximate surface area is 244 Å². The van der Waals surface area contributed by atoms with Crippen LogP contribution in [0.15, 0.2) is 164 Å². The van der Waals surface area contributed by atoms with Crippen LogP contribution in [0.25, 0.3) is 49.4 Å². The van der Waals surface area contributed by atoms with Crippen molar-refractivity contribution in [2.75, 3.05) is 4.90 Å². The fraction of sp³-hybridized carbons (Fsp3) is 0. The van der Waals surface area contributed by atoms with Gasteiger partial charge in [0.25, 0.3) is 0 Å². The molecule has 0 spiro atoms. The van der Waals surface area contributed by atoms with Gasteiger partial charge >= 0.3 is 0 Å². The third kappa shape index (κ3) is 4.03. The molecular weight excluding hydrogens is 510 g/mol. The lowest BCUT2D eigenvalue weighted by molar-refractivity contribution is 1.17. The molecule has 0 aliphatic rings. The first-order valence-corrected chi connectivity index (χ1v) is 14.2. The number of fused-ring (bicyclic) bond motifs is 4. The smallest absolute Gasteiger partial charge is 0.0571 e. The van der Waals surface area contributed by atoms with Crippen molar-refractivity contribution >= 4 is 49.6 Å². The van der Waals surface area contributed by atoms with Gasteiger partial charge in [-0.25, -0.2) is 0 Å². The van der Waals surface area contributed by atoms with E-state index in [-0.39, 0.29) is 0 Å². The quantitative estimate of drug-likeness (QED) is 0.218. The van der Waals surface area contributed by atoms with Crippen molar-refractivity contribution in [1.82, 2.24) is 9.55 Å². The predicted molar refractivity (Wildman–Crippen MR) is 176 cm³/mol. The highest BCUT2D eigenvalue weighted by atomic mass is 15.1. The maximum Gasteiger partial charge on any atom is 0.0571 e. The third-order valence-electron chi connectivity index (χ3n) is 8.06. The zero-order chi connectivity index (χ0) is 27.9. The van der Waals surface area contributed by atoms with Gasteiger partial charge in [0.1, 0.15) is 0 Å². The number of hydrogen-bond acceptors (Lipinski definition) is 2. The van der Waals surface area contributed by atoms with Gasteiger partial charge < -0.3 is 9.47 Å². The standard InChI is InChI=1S/C39H27N3/c1-2-13-31(14-3-1)41(37-19-9-11-29-10-4-5-16-34(29)37)32-22-20-28(21-23-32)30-12-8-15-33(26-30)42-38-18-7-6-17-35(38)36-27-40-25-24-39(36)42/h1-27H. The summed E-state index contributed by atoms with van der Waals surface area (Å²) in [6, 6.07) is 54.0. The zero-order valence-electron chi connectivity index (χ0n) is 22.9. The lowest BCUT2D eigenvalue weighted by Crippen LogP contribution is -2.10. The fourth-order valence-electron chi connectivity index (χ4n) is 6.13. The van der Waals surface area contributed by atoms with E-state index in [1.807, 2.05) is 12.4 Å². The first kappa shape index (κ1) is 24.2. The minimum Gasteiger partial charge on any atom is -0.310 e. The molecule has 8 rings (SSSR count). The Morgan fingerprint density at radius 3 is 2.05 bits per heavy atom. The lowest BCUT2D eigenvalue weighted by atomic mass is 10.0. The number of nitrogens with zero attached hydrogens (tertiary/aromatic N) is 3. The highest BCUT2D eigenvalue weighted by Crippen LogP contribution is 2.39. The van der Waals surface area contributed by atoms with Crippen LogP contribution in [0.4, 0.5) is 17.1 Å². The molecule has 0 radical (unpaired) electrons. The van der Waals surface area contributed by atoms with Crippen LogP contribution in [0.3, 0.4) is 0 Å². The van der Waals surface area contributed by atoms with E-state index in [0.29, 0.717) is 0 Å². The maximum atomic E-state index is 4.40. The first-order chi connectivity index (χ1) is 20.8. The molecule has 3 heteroatoms. The summed E-state index contributed by atoms with van der Waals surface area (Å²) in [5.41, 5.74) is 9.24. The van der Waals surface area contributed by atoms with E-state index in [0.717, 1.165) is 33.7 Å². The molecule has 2 heterocycles. The molecule has 0 fully saturated rings. The summed E-state index contributed by atoms with van der Waals surface area (Å²) >= 11 is 0. The van der Waals surface area contributed by atoms with Crippen LogP contribution in [0, 0.1) is 0 Å². The molecular formula is C39H27N3. The van der Waals surface area contributed by atoms with Gasteiger partial charge in [-0.2, -0.15) is 0 Å². The Kier molecular flexibility index (Phi) is 5.79. The highest BCUT2D eigenvalue weighted by molar-refractivity contribution is 6.09. The van der Waals surface area contributed by atoms with E-state index in [4.69, 9.17) is 0 Å². The second-order valence-electron chi connectivity index (χ2n) is 10.5. The van der Waals surface area contributed by atoms with Crippen LogP contribution in [0.2, 0.25) is 0 Å². The van der Waals surface area contributed by atoms with E-state index < -0.39 is 0 Å². The minimum absolute atomic E-state index is 1.12. The molecule has 3 nitrogen and oxygen atoms in total. The third-order valence-corrected chi connectivity index (χ3v) is 8.06. The van der Waals surface area contributed by atoms with Gasteiger partial charge in [-0.05, 0) is 71.1 Å². The topological polar surface area (TPSA) is 21.1 Å². The summed E-state index contributed by atoms with van der Waals surface area (Å²) in [7, 11) is 0. The van der Waals surface area contributed by atoms with Gasteiger partial charge in [-0.15, -0.1) is 0 Å². The van der Waals surface area contributed by atoms with Gasteiger partial charge in [0, 0.05) is 45.6 Å². The number of hydrogen-bond donors (Lipinski definition) is 0. The molecule has 0 saturated carbocycles. The Balaban J connectivity index is 1.22. The van der Waals surface area contributed by atoms with E-state index in [2.05, 4.69) is 166 Å². The fourth-order valence-corrected chi connectivity index (χ4v) is 6.13. The zero-order valence-corrected chi connectivity index (χ0v) is 22.9. The van der Waals surface area contributed by atoms with Gasteiger partial charge in [-0.1, -0.05) is 97.1 Å². The summed E-state index contributed by atoms with van der Waals surface area (Å²) in [6.45, 7) is 0. The second kappa shape index (κ2) is 10.1. The van der Waals surface area contributed by atoms with Crippen LogP contribution in [-0.4, -0.2) is 9.55 Å². The minimum atomic E-state index is 1.12. The number of aromatic nitrogens is 2. The second-order valence-corrected chi connectivity index (χ2v) is 10.5. The molecule has 8 aromatic rings. The van der Waals surface area contributed by atoms with Gasteiger partial charge in [-0.3, -0.25) is 4.98 Å². The highest BCUT2D eigenvalue weighted by Gasteiger charge is 2.16. The van der Waals surface area contributed by atoms with Gasteiger partial charge in [0.05, 0.1) is 16.7 Å². The van der Waals surface area contributed by atoms with Crippen LogP contribution in [0.1, 0.15) is 0 Å². The molecule has 0 N–H and O–H groups in total. The van der Waals surface area contributed by atoms with Crippen LogP contribution >= 0.6 is 0 Å². The van der Waals surface area contributed by atoms with Crippen molar-refractivity contribution in [3.05, 3.63) is 164 Å². The molecule has 2 aromatic heterocycles. The summed E-state index contributed by atoms with van der Waals surface area (Å²) in [5.74, 6) is 0. The van der Waals surface area contributed by atoms with E-state index in [1.165, 1.54) is 32.8 Å². The van der Waals surface area contributed by atoms with Crippen molar-refractivity contribution in [1.29, 1.82) is 0 Å². The molecule has 198 valence electrons. The van der Waals surface area contributed by atoms with E-state index in [9.17, 15) is 0 Å². The van der Waals surface area contributed by atoms with Crippen molar-refractivity contribution in [2.24, 2.45) is 0 Å². The van der Waals surface area contributed by atoms with Crippen molar-refractivity contribution in [3.63, 3.8) is 0 Å². The van der Waals surface area contributed by atoms with Gasteiger partial charge in [0.2, 0.25) is 0 Å². The summed E-state index contributed by atoms with van der Waals surface area (Å²) in [5, 5.41) is 4.83. The van der Waals surface area contributed by atoms with E-state index in [1.54, 1.807) is 0 Å². The number of rotatable bonds is 5. The summed E-state index contributed by atoms with van der Waals surface area (Å²) < 4.78 is 2.34. The summed E-state index contributed by atoms with van der Waals surface area (Å²) in [6.07, 6.45) is 3.83. The van der Waals surface area contributed by atoms with Crippen molar-refractivity contribution in [3.8, 4) is 16.8 Å². The molecule has 0 unspecified atom stereocenters. The molecule has 0 atom stereocenters. The molecule has 0 saturated heterocycles. The normalized spacial score (nSPS) is 11.3. The van der Waals surface area contributed by atoms with Gasteiger partial charge in [0.15, 0.2) is 0 Å². The number of para-hydroxylation sites is 2. The average molecular weight is 538 g/mol. The maximum absolute atomic E-state index is 4.40. The first-order valence-electron chi connectivity index (χ1n) is 14.2. The van der Waals surface area contributed by atoms with Crippen molar-refractivity contribution < 1.29 is 0 Å². The Morgan fingerprint density at radius 2 is 1.17 bits per heavy atom. The number of anilines is 3. The summed E-state index contributed by atoms with van der Waals surface area (Å²) in [4.78, 5) is 6.74. The van der Waals surface area contributed by atoms with Crippen LogP contribution < -0.4 is 4.90 Å². The average Bonchev–Trinajstić information content (AvgIpc) is 3.40. The van der Waals surface area contributed by atoms with Crippen LogP contribution in [-0.2, 0) is 0 Å². The predicted octanol–water partition coefficient (Wildman–Crippen LogP) is 10.5. The largest absolute Gasteiger partial charge is 0.310 e. The molecule has 0 amide bonds. The molecule has 0 aliphatic heterocycles. The molecule has 0 aliphatic carbocycles. The Morgan fingerprint density at radius 1 is 0.476 bits per heavy atom. The lowest BCUT2D eigenvalue weighted by Gasteiger charge is -2.27. The molecule has 6 aromatic carbocycles.